The van der Waals surface area contributed by atoms with Crippen LogP contribution in [0.3, 0.4) is 0 Å². The summed E-state index contributed by atoms with van der Waals surface area (Å²) in [6, 6.07) is 14.9. The van der Waals surface area contributed by atoms with Gasteiger partial charge in [-0.2, -0.15) is 0 Å². The summed E-state index contributed by atoms with van der Waals surface area (Å²) < 4.78 is 5.44. The molecule has 0 fully saturated rings. The van der Waals surface area contributed by atoms with Gasteiger partial charge in [-0.15, -0.1) is 0 Å². The molecule has 1 unspecified atom stereocenters. The molecule has 0 heterocycles. The van der Waals surface area contributed by atoms with Gasteiger partial charge in [-0.25, -0.2) is 0 Å². The van der Waals surface area contributed by atoms with E-state index in [1.165, 1.54) is 0 Å². The van der Waals surface area contributed by atoms with Crippen LogP contribution >= 0.6 is 0 Å². The van der Waals surface area contributed by atoms with E-state index in [9.17, 15) is 10.2 Å². The molecule has 0 aliphatic rings. The average molecular weight is 284 g/mol. The summed E-state index contributed by atoms with van der Waals surface area (Å²) >= 11 is 0. The number of benzene rings is 2. The van der Waals surface area contributed by atoms with Gasteiger partial charge < -0.3 is 14.9 Å². The Morgan fingerprint density at radius 3 is 2.29 bits per heavy atom. The first-order chi connectivity index (χ1) is 10.0. The minimum Gasteiger partial charge on any atom is -0.508 e. The highest BCUT2D eigenvalue weighted by Crippen LogP contribution is 2.21. The highest BCUT2D eigenvalue weighted by Gasteiger charge is 2.00. The number of allylic oxidation sites excluding steroid dienone is 1. The first-order valence-corrected chi connectivity index (χ1v) is 6.93. The third-order valence-corrected chi connectivity index (χ3v) is 3.08. The number of hydrogen-bond acceptors (Lipinski definition) is 3. The number of aromatic hydroxyl groups is 1. The lowest BCUT2D eigenvalue weighted by atomic mass is 10.0. The fourth-order valence-corrected chi connectivity index (χ4v) is 1.93. The van der Waals surface area contributed by atoms with E-state index in [-0.39, 0.29) is 5.75 Å². The predicted octanol–water partition coefficient (Wildman–Crippen LogP) is 3.71. The molecule has 0 saturated heterocycles. The van der Waals surface area contributed by atoms with Gasteiger partial charge in [-0.3, -0.25) is 0 Å². The van der Waals surface area contributed by atoms with Crippen LogP contribution in [0.4, 0.5) is 0 Å². The van der Waals surface area contributed by atoms with E-state index in [1.54, 1.807) is 19.1 Å². The third-order valence-electron chi connectivity index (χ3n) is 3.08. The van der Waals surface area contributed by atoms with Gasteiger partial charge in [0.15, 0.2) is 0 Å². The van der Waals surface area contributed by atoms with Crippen molar-refractivity contribution in [2.45, 2.75) is 20.0 Å². The van der Waals surface area contributed by atoms with Gasteiger partial charge in [0.1, 0.15) is 18.1 Å². The summed E-state index contributed by atoms with van der Waals surface area (Å²) in [6.45, 7) is 4.03. The van der Waals surface area contributed by atoms with Crippen molar-refractivity contribution in [3.05, 3.63) is 59.7 Å². The summed E-state index contributed by atoms with van der Waals surface area (Å²) in [5.41, 5.74) is 3.27. The largest absolute Gasteiger partial charge is 0.508 e. The van der Waals surface area contributed by atoms with E-state index >= 15 is 0 Å². The summed E-state index contributed by atoms with van der Waals surface area (Å²) in [4.78, 5) is 0. The van der Waals surface area contributed by atoms with E-state index in [4.69, 9.17) is 4.74 Å². The van der Waals surface area contributed by atoms with E-state index < -0.39 is 6.10 Å². The lowest BCUT2D eigenvalue weighted by Gasteiger charge is -2.09. The summed E-state index contributed by atoms with van der Waals surface area (Å²) in [5.74, 6) is 1.02. The average Bonchev–Trinajstić information content (AvgIpc) is 2.48. The summed E-state index contributed by atoms with van der Waals surface area (Å²) in [6.07, 6.45) is 1.59. The molecule has 110 valence electrons. The normalized spacial score (nSPS) is 13.0. The molecule has 0 saturated carbocycles. The Balaban J connectivity index is 2.08. The fourth-order valence-electron chi connectivity index (χ4n) is 1.93. The van der Waals surface area contributed by atoms with Crippen molar-refractivity contribution in [1.29, 1.82) is 0 Å². The third kappa shape index (κ3) is 4.65. The Morgan fingerprint density at radius 2 is 1.71 bits per heavy atom. The van der Waals surface area contributed by atoms with Crippen molar-refractivity contribution in [1.82, 2.24) is 0 Å². The van der Waals surface area contributed by atoms with Gasteiger partial charge >= 0.3 is 0 Å². The molecule has 0 radical (unpaired) electrons. The second kappa shape index (κ2) is 6.95. The van der Waals surface area contributed by atoms with Crippen molar-refractivity contribution in [3.8, 4) is 11.5 Å². The maximum absolute atomic E-state index is 9.28. The van der Waals surface area contributed by atoms with E-state index in [0.717, 1.165) is 22.4 Å². The number of rotatable bonds is 5. The van der Waals surface area contributed by atoms with E-state index in [2.05, 4.69) is 6.08 Å². The first-order valence-electron chi connectivity index (χ1n) is 6.93. The maximum atomic E-state index is 9.28. The van der Waals surface area contributed by atoms with Crippen LogP contribution in [0.25, 0.3) is 11.6 Å². The molecule has 2 aromatic rings. The summed E-state index contributed by atoms with van der Waals surface area (Å²) in [5, 5.41) is 18.5. The van der Waals surface area contributed by atoms with Gasteiger partial charge in [0.25, 0.3) is 0 Å². The Bertz CT molecular complexity index is 595. The second-order valence-electron chi connectivity index (χ2n) is 5.10. The van der Waals surface area contributed by atoms with Crippen LogP contribution in [0.5, 0.6) is 11.5 Å². The van der Waals surface area contributed by atoms with Crippen molar-refractivity contribution in [2.24, 2.45) is 0 Å². The number of aliphatic hydroxyl groups excluding tert-OH is 1. The molecule has 1 atom stereocenters. The van der Waals surface area contributed by atoms with Crippen molar-refractivity contribution < 1.29 is 14.9 Å². The lowest BCUT2D eigenvalue weighted by Crippen LogP contribution is -2.12. The second-order valence-corrected chi connectivity index (χ2v) is 5.10. The minimum atomic E-state index is -0.471. The number of phenols is 1. The van der Waals surface area contributed by atoms with Crippen LogP contribution in [-0.4, -0.2) is 22.9 Å². The zero-order chi connectivity index (χ0) is 15.2. The molecule has 0 aliphatic carbocycles. The number of aliphatic hydroxyl groups is 1. The van der Waals surface area contributed by atoms with Crippen LogP contribution in [0, 0.1) is 0 Å². The molecule has 0 aliphatic heterocycles. The van der Waals surface area contributed by atoms with Crippen LogP contribution in [0.2, 0.25) is 0 Å². The molecular formula is C18H20O3. The molecular weight excluding hydrogens is 264 g/mol. The topological polar surface area (TPSA) is 49.7 Å². The highest BCUT2D eigenvalue weighted by atomic mass is 16.5. The number of hydrogen-bond donors (Lipinski definition) is 2. The van der Waals surface area contributed by atoms with Crippen LogP contribution in [0.15, 0.2) is 48.5 Å². The zero-order valence-corrected chi connectivity index (χ0v) is 12.3. The van der Waals surface area contributed by atoms with Gasteiger partial charge in [0.05, 0.1) is 6.10 Å². The molecule has 2 N–H and O–H groups in total. The van der Waals surface area contributed by atoms with Crippen LogP contribution < -0.4 is 4.74 Å². The smallest absolute Gasteiger partial charge is 0.119 e. The maximum Gasteiger partial charge on any atom is 0.119 e. The molecule has 0 spiro atoms. The van der Waals surface area contributed by atoms with Crippen molar-refractivity contribution >= 4 is 11.6 Å². The fraction of sp³-hybridized carbons (Fsp3) is 0.222. The quantitative estimate of drug-likeness (QED) is 0.823. The zero-order valence-electron chi connectivity index (χ0n) is 12.3. The molecule has 21 heavy (non-hydrogen) atoms. The Labute approximate surface area is 125 Å². The molecule has 3 nitrogen and oxygen atoms in total. The molecule has 2 rings (SSSR count). The van der Waals surface area contributed by atoms with Crippen LogP contribution in [-0.2, 0) is 0 Å². The van der Waals surface area contributed by atoms with E-state index in [1.807, 2.05) is 43.3 Å². The van der Waals surface area contributed by atoms with Crippen molar-refractivity contribution in [2.75, 3.05) is 6.61 Å². The predicted molar refractivity (Wildman–Crippen MR) is 85.3 cm³/mol. The lowest BCUT2D eigenvalue weighted by molar-refractivity contribution is 0.123. The summed E-state index contributed by atoms with van der Waals surface area (Å²) in [7, 11) is 0. The van der Waals surface area contributed by atoms with E-state index in [0.29, 0.717) is 6.61 Å². The highest BCUT2D eigenvalue weighted by molar-refractivity contribution is 5.80. The number of ether oxygens (including phenoxy) is 1. The molecule has 2 aromatic carbocycles. The SMILES string of the molecule is C/C(=C\c1ccc(O)cc1)c1ccc(OCC(C)O)cc1. The standard InChI is InChI=1S/C18H20O3/c1-13(11-15-3-7-17(20)8-4-15)16-5-9-18(10-6-16)21-12-14(2)19/h3-11,14,19-20H,12H2,1-2H3/b13-11+. The molecule has 0 bridgehead atoms. The monoisotopic (exact) mass is 284 g/mol. The molecule has 0 aromatic heterocycles. The first kappa shape index (κ1) is 15.1. The number of phenolic OH excluding ortho intramolecular Hbond substituents is 1. The van der Waals surface area contributed by atoms with Gasteiger partial charge in [0.2, 0.25) is 0 Å². The minimum absolute atomic E-state index is 0.268. The Kier molecular flexibility index (Phi) is 5.01. The molecule has 0 amide bonds. The van der Waals surface area contributed by atoms with Gasteiger partial charge in [-0.1, -0.05) is 30.3 Å². The van der Waals surface area contributed by atoms with Crippen LogP contribution in [0.1, 0.15) is 25.0 Å². The van der Waals surface area contributed by atoms with Gasteiger partial charge in [0, 0.05) is 0 Å². The Morgan fingerprint density at radius 1 is 1.10 bits per heavy atom. The molecule has 3 heteroatoms. The van der Waals surface area contributed by atoms with Gasteiger partial charge in [-0.05, 0) is 54.8 Å². The Hall–Kier alpha value is -2.26. The van der Waals surface area contributed by atoms with Crippen molar-refractivity contribution in [3.63, 3.8) is 0 Å².